The van der Waals surface area contributed by atoms with Crippen molar-refractivity contribution in [3.8, 4) is 0 Å². The number of aliphatic hydroxyl groups is 1. The highest BCUT2D eigenvalue weighted by molar-refractivity contribution is 6.32. The summed E-state index contributed by atoms with van der Waals surface area (Å²) in [5, 5.41) is 20.8. The van der Waals surface area contributed by atoms with Crippen molar-refractivity contribution in [3.05, 3.63) is 58.1 Å². The van der Waals surface area contributed by atoms with Gasteiger partial charge in [0, 0.05) is 44.4 Å². The van der Waals surface area contributed by atoms with Crippen molar-refractivity contribution in [2.24, 2.45) is 22.7 Å². The molecule has 1 heterocycles. The molecule has 0 saturated carbocycles. The van der Waals surface area contributed by atoms with E-state index >= 15 is 0 Å². The fourth-order valence-corrected chi connectivity index (χ4v) is 6.80. The normalized spacial score (nSPS) is 27.3. The van der Waals surface area contributed by atoms with Crippen molar-refractivity contribution in [1.29, 1.82) is 0 Å². The summed E-state index contributed by atoms with van der Waals surface area (Å²) in [5.74, 6) is -2.58. The molecule has 0 aromatic heterocycles. The highest BCUT2D eigenvalue weighted by atomic mass is 16.6. The molecular weight excluding hydrogens is 704 g/mol. The van der Waals surface area contributed by atoms with Gasteiger partial charge < -0.3 is 35.1 Å². The molecule has 1 aliphatic heterocycles. The lowest BCUT2D eigenvalue weighted by molar-refractivity contribution is -0.121. The lowest BCUT2D eigenvalue weighted by Gasteiger charge is -2.30. The van der Waals surface area contributed by atoms with Crippen LogP contribution in [0.2, 0.25) is 0 Å². The number of fused-ring (bicyclic) bond motifs is 2. The molecule has 1 aliphatic carbocycles. The third-order valence-electron chi connectivity index (χ3n) is 10.0. The van der Waals surface area contributed by atoms with Gasteiger partial charge in [0.25, 0.3) is 5.91 Å². The lowest BCUT2D eigenvalue weighted by atomic mass is 9.84. The minimum Gasteiger partial charge on any atom is -0.492 e. The van der Waals surface area contributed by atoms with E-state index in [2.05, 4.69) is 19.2 Å². The van der Waals surface area contributed by atoms with Crippen LogP contribution >= 0.6 is 0 Å². The van der Waals surface area contributed by atoms with E-state index in [1.165, 1.54) is 33.6 Å². The summed E-state index contributed by atoms with van der Waals surface area (Å²) in [5.41, 5.74) is 6.08. The molecule has 2 aliphatic rings. The summed E-state index contributed by atoms with van der Waals surface area (Å²) >= 11 is 0. The molecule has 0 aromatic rings. The molecule has 2 bridgehead atoms. The number of nitrogens with zero attached hydrogens (tertiary/aromatic N) is 2. The van der Waals surface area contributed by atoms with Crippen LogP contribution in [0.4, 0.5) is 4.79 Å². The van der Waals surface area contributed by atoms with Gasteiger partial charge in [-0.1, -0.05) is 90.5 Å². The summed E-state index contributed by atoms with van der Waals surface area (Å²) in [6.45, 7) is 12.7. The van der Waals surface area contributed by atoms with E-state index in [1.807, 2.05) is 18.9 Å². The number of ether oxygens (including phenoxy) is 4. The minimum atomic E-state index is -1.01. The predicted octanol–water partition coefficient (Wildman–Crippen LogP) is 6.23. The fourth-order valence-electron chi connectivity index (χ4n) is 6.80. The quantitative estimate of drug-likeness (QED) is 0.0536. The number of hydrogen-bond acceptors (Lipinski definition) is 11. The summed E-state index contributed by atoms with van der Waals surface area (Å²) < 4.78 is 22.4. The van der Waals surface area contributed by atoms with E-state index in [4.69, 9.17) is 29.8 Å². The van der Waals surface area contributed by atoms with Crippen molar-refractivity contribution in [2.75, 3.05) is 34.4 Å². The van der Waals surface area contributed by atoms with Gasteiger partial charge in [0.1, 0.15) is 11.8 Å². The van der Waals surface area contributed by atoms with E-state index in [-0.39, 0.29) is 40.5 Å². The van der Waals surface area contributed by atoms with Crippen LogP contribution < -0.4 is 11.1 Å². The zero-order valence-corrected chi connectivity index (χ0v) is 34.5. The second-order valence-electron chi connectivity index (χ2n) is 14.6. The fraction of sp³-hybridized carbons (Fsp3) is 0.643. The van der Waals surface area contributed by atoms with Gasteiger partial charge in [-0.05, 0) is 51.0 Å². The number of carbonyl (C=O) groups excluding carboxylic acids is 4. The summed E-state index contributed by atoms with van der Waals surface area (Å²) in [6, 6.07) is 0. The number of hydrazone groups is 1. The maximum absolute atomic E-state index is 14.4. The van der Waals surface area contributed by atoms with E-state index in [1.54, 1.807) is 32.1 Å². The number of hydrogen-bond donors (Lipinski definition) is 3. The Morgan fingerprint density at radius 1 is 0.982 bits per heavy atom. The summed E-state index contributed by atoms with van der Waals surface area (Å²) in [6.07, 6.45) is 12.2. The van der Waals surface area contributed by atoms with Gasteiger partial charge in [-0.15, -0.1) is 0 Å². The van der Waals surface area contributed by atoms with Gasteiger partial charge >= 0.3 is 6.09 Å². The van der Waals surface area contributed by atoms with E-state index in [9.17, 15) is 24.3 Å². The number of nitrogens with one attached hydrogen (secondary N) is 1. The molecule has 0 radical (unpaired) electrons. The smallest absolute Gasteiger partial charge is 0.405 e. The molecular formula is C42H66N4O9. The average molecular weight is 771 g/mol. The number of Topliss-reactive ketones (excluding diaryl/α,β-unsaturated/α-hetero) is 2. The number of primary amides is 1. The number of aliphatic hydroxyl groups excluding tert-OH is 1. The number of ketones is 2. The largest absolute Gasteiger partial charge is 0.492 e. The third-order valence-corrected chi connectivity index (χ3v) is 10.0. The molecule has 0 spiro atoms. The van der Waals surface area contributed by atoms with E-state index < -0.39 is 53.9 Å². The molecule has 4 N–H and O–H groups in total. The maximum atomic E-state index is 14.4. The van der Waals surface area contributed by atoms with Crippen LogP contribution in [0.1, 0.15) is 106 Å². The Kier molecular flexibility index (Phi) is 20.9. The predicted molar refractivity (Wildman–Crippen MR) is 214 cm³/mol. The van der Waals surface area contributed by atoms with Gasteiger partial charge in [-0.25, -0.2) is 4.79 Å². The molecule has 0 fully saturated rings. The second kappa shape index (κ2) is 24.4. The van der Waals surface area contributed by atoms with Gasteiger partial charge in [0.15, 0.2) is 11.9 Å². The Morgan fingerprint density at radius 2 is 1.62 bits per heavy atom. The number of methoxy groups -OCH3 is 3. The number of amides is 2. The molecule has 55 heavy (non-hydrogen) atoms. The van der Waals surface area contributed by atoms with Crippen molar-refractivity contribution in [1.82, 2.24) is 10.3 Å². The summed E-state index contributed by atoms with van der Waals surface area (Å²) in [7, 11) is 4.28. The SMILES string of the molecule is CCCCCCN(CCCCCC)N=CC1=C2NC(=O)/C(C)=C/C=C\C(OC)C(OC(N)=O)/C(C)=C/C(C)C(O)C(OC)CC(C)CC(=C(OC)C1=O)C2=O. The Hall–Kier alpha value is -4.07. The highest BCUT2D eigenvalue weighted by Crippen LogP contribution is 2.31. The Morgan fingerprint density at radius 3 is 2.16 bits per heavy atom. The highest BCUT2D eigenvalue weighted by Gasteiger charge is 2.38. The van der Waals surface area contributed by atoms with E-state index in [0.29, 0.717) is 25.1 Å². The standard InChI is InChI=1S/C42H66N4O9/c1-10-12-14-16-21-46(22-17-15-13-11-2)44-26-32-35-37(48)31(40(54-9)38(32)49)23-27(3)24-34(53-8)36(47)29(5)25-30(6)39(55-42(43)51)33(52-7)20-18-19-28(4)41(50)45-35/h18-20,25-27,29,33-34,36,39,47H,10-17,21-24H2,1-9H3,(H2,43,51)(H,45,50)/b20-18-,28-19+,30-25+,44-26?. The van der Waals surface area contributed by atoms with Gasteiger partial charge in [0.05, 0.1) is 31.1 Å². The van der Waals surface area contributed by atoms with Crippen LogP contribution in [-0.4, -0.2) is 98.7 Å². The number of unbranched alkanes of at least 4 members (excludes halogenated alkanes) is 6. The molecule has 2 amide bonds. The van der Waals surface area contributed by atoms with Crippen molar-refractivity contribution >= 4 is 29.8 Å². The summed E-state index contributed by atoms with van der Waals surface area (Å²) in [4.78, 5) is 54.2. The maximum Gasteiger partial charge on any atom is 0.405 e. The molecule has 0 saturated heterocycles. The third kappa shape index (κ3) is 14.5. The molecule has 6 atom stereocenters. The van der Waals surface area contributed by atoms with Crippen molar-refractivity contribution in [2.45, 2.75) is 130 Å². The van der Waals surface area contributed by atoms with Crippen LogP contribution in [0.25, 0.3) is 0 Å². The topological polar surface area (TPSA) is 179 Å². The zero-order valence-electron chi connectivity index (χ0n) is 34.5. The monoisotopic (exact) mass is 770 g/mol. The number of carbonyl (C=O) groups is 4. The number of nitrogens with two attached hydrogens (primary N) is 1. The van der Waals surface area contributed by atoms with E-state index in [0.717, 1.165) is 51.4 Å². The Bertz CT molecular complexity index is 1480. The first-order valence-corrected chi connectivity index (χ1v) is 19.7. The molecule has 13 heteroatoms. The Balaban J connectivity index is 2.73. The van der Waals surface area contributed by atoms with Crippen molar-refractivity contribution < 1.29 is 43.2 Å². The van der Waals surface area contributed by atoms with Crippen LogP contribution in [0.5, 0.6) is 0 Å². The van der Waals surface area contributed by atoms with Gasteiger partial charge in [-0.2, -0.15) is 5.10 Å². The molecule has 2 rings (SSSR count). The lowest BCUT2D eigenvalue weighted by Crippen LogP contribution is -2.38. The minimum absolute atomic E-state index is 0.0700. The Labute approximate surface area is 328 Å². The first-order valence-electron chi connectivity index (χ1n) is 19.7. The molecule has 6 unspecified atom stereocenters. The molecule has 308 valence electrons. The molecule has 0 aromatic carbocycles. The van der Waals surface area contributed by atoms with Crippen LogP contribution in [0.15, 0.2) is 63.2 Å². The first-order chi connectivity index (χ1) is 26.2. The number of rotatable bonds is 16. The van der Waals surface area contributed by atoms with Crippen LogP contribution in [-0.2, 0) is 33.3 Å². The second-order valence-corrected chi connectivity index (χ2v) is 14.6. The van der Waals surface area contributed by atoms with Gasteiger partial charge in [0.2, 0.25) is 11.6 Å². The van der Waals surface area contributed by atoms with Crippen LogP contribution in [0, 0.1) is 11.8 Å². The first kappa shape index (κ1) is 47.1. The van der Waals surface area contributed by atoms with Crippen molar-refractivity contribution in [3.63, 3.8) is 0 Å². The number of allylic oxidation sites excluding steroid dienone is 4. The van der Waals surface area contributed by atoms with Gasteiger partial charge in [-0.3, -0.25) is 19.4 Å². The van der Waals surface area contributed by atoms with Crippen LogP contribution in [0.3, 0.4) is 0 Å². The zero-order chi connectivity index (χ0) is 41.1. The average Bonchev–Trinajstić information content (AvgIpc) is 3.15. The molecule has 13 nitrogen and oxygen atoms in total.